The maximum atomic E-state index is 10.8. The highest BCUT2D eigenvalue weighted by molar-refractivity contribution is 6.36. The Labute approximate surface area is 62.9 Å². The van der Waals surface area contributed by atoms with Crippen molar-refractivity contribution in [1.82, 2.24) is 4.90 Å². The summed E-state index contributed by atoms with van der Waals surface area (Å²) in [6, 6.07) is 0. The average molecular weight is 157 g/mol. The summed E-state index contributed by atoms with van der Waals surface area (Å²) < 4.78 is 4.13. The molecule has 0 aromatic heterocycles. The largest absolute Gasteiger partial charge is 0.462 e. The average Bonchev–Trinajstić information content (AvgIpc) is 2.00. The molecule has 0 radical (unpaired) electrons. The Morgan fingerprint density at radius 1 is 1.55 bits per heavy atom. The molecule has 11 heavy (non-hydrogen) atoms. The molecule has 0 aromatic rings. The van der Waals surface area contributed by atoms with Crippen molar-refractivity contribution in [1.29, 1.82) is 0 Å². The van der Waals surface area contributed by atoms with E-state index in [0.717, 1.165) is 12.0 Å². The summed E-state index contributed by atoms with van der Waals surface area (Å²) in [5.74, 6) is -2.18. The van der Waals surface area contributed by atoms with Crippen LogP contribution < -0.4 is 0 Å². The van der Waals surface area contributed by atoms with E-state index in [2.05, 4.69) is 4.74 Å². The van der Waals surface area contributed by atoms with Gasteiger partial charge in [0.1, 0.15) is 0 Å². The monoisotopic (exact) mass is 157 g/mol. The smallest absolute Gasteiger partial charge is 0.397 e. The summed E-state index contributed by atoms with van der Waals surface area (Å²) in [5.41, 5.74) is 0. The maximum Gasteiger partial charge on any atom is 0.397 e. The molecule has 0 unspecified atom stereocenters. The number of nitrogens with zero attached hydrogens (tertiary/aromatic N) is 1. The number of rotatable bonds is 0. The van der Waals surface area contributed by atoms with Gasteiger partial charge in [-0.15, -0.1) is 0 Å². The minimum absolute atomic E-state index is 0.319. The maximum absolute atomic E-state index is 10.8. The number of hydrogen-bond donors (Lipinski definition) is 0. The molecule has 0 bridgehead atoms. The van der Waals surface area contributed by atoms with Gasteiger partial charge in [-0.25, -0.2) is 4.79 Å². The Bertz CT molecular complexity index is 223. The Morgan fingerprint density at radius 3 is 2.45 bits per heavy atom. The predicted octanol–water partition coefficient (Wildman–Crippen LogP) is -1.08. The van der Waals surface area contributed by atoms with Crippen molar-refractivity contribution < 1.29 is 19.1 Å². The lowest BCUT2D eigenvalue weighted by Crippen LogP contribution is -2.50. The van der Waals surface area contributed by atoms with Gasteiger partial charge in [0.2, 0.25) is 5.91 Å². The standard InChI is InChI=1S/C6H7NO4/c1-11-6(10)5(9)7-3-2-4(7)8/h2-3H2,1H3. The van der Waals surface area contributed by atoms with Crippen molar-refractivity contribution in [2.75, 3.05) is 13.7 Å². The van der Waals surface area contributed by atoms with Crippen molar-refractivity contribution in [2.24, 2.45) is 0 Å². The van der Waals surface area contributed by atoms with Crippen LogP contribution in [-0.4, -0.2) is 36.3 Å². The zero-order valence-electron chi connectivity index (χ0n) is 5.99. The number of carbonyl (C=O) groups is 3. The van der Waals surface area contributed by atoms with Crippen LogP contribution in [0.2, 0.25) is 0 Å². The van der Waals surface area contributed by atoms with Crippen LogP contribution in [0.15, 0.2) is 0 Å². The minimum atomic E-state index is -0.988. The van der Waals surface area contributed by atoms with E-state index in [1.54, 1.807) is 0 Å². The summed E-state index contributed by atoms with van der Waals surface area (Å²) in [6.45, 7) is 0.326. The number of ether oxygens (including phenoxy) is 1. The Kier molecular flexibility index (Phi) is 1.89. The second-order valence-corrected chi connectivity index (χ2v) is 2.09. The van der Waals surface area contributed by atoms with Crippen LogP contribution in [-0.2, 0) is 19.1 Å². The van der Waals surface area contributed by atoms with Gasteiger partial charge in [-0.1, -0.05) is 0 Å². The van der Waals surface area contributed by atoms with E-state index in [1.165, 1.54) is 0 Å². The van der Waals surface area contributed by atoms with Crippen molar-refractivity contribution in [3.63, 3.8) is 0 Å². The number of hydrogen-bond acceptors (Lipinski definition) is 4. The fourth-order valence-electron chi connectivity index (χ4n) is 0.727. The number of esters is 1. The van der Waals surface area contributed by atoms with Crippen molar-refractivity contribution in [3.05, 3.63) is 0 Å². The van der Waals surface area contributed by atoms with Crippen LogP contribution in [0.1, 0.15) is 6.42 Å². The van der Waals surface area contributed by atoms with Gasteiger partial charge in [0.15, 0.2) is 0 Å². The van der Waals surface area contributed by atoms with Crippen LogP contribution in [0.3, 0.4) is 0 Å². The highest BCUT2D eigenvalue weighted by atomic mass is 16.5. The van der Waals surface area contributed by atoms with Crippen LogP contribution in [0.4, 0.5) is 0 Å². The third kappa shape index (κ3) is 1.21. The first-order chi connectivity index (χ1) is 5.16. The molecule has 1 saturated heterocycles. The van der Waals surface area contributed by atoms with Gasteiger partial charge in [-0.3, -0.25) is 14.5 Å². The van der Waals surface area contributed by atoms with E-state index in [9.17, 15) is 14.4 Å². The molecule has 0 saturated carbocycles. The highest BCUT2D eigenvalue weighted by Crippen LogP contribution is 2.08. The summed E-state index contributed by atoms with van der Waals surface area (Å²) >= 11 is 0. The van der Waals surface area contributed by atoms with Gasteiger partial charge >= 0.3 is 11.9 Å². The van der Waals surface area contributed by atoms with E-state index in [1.807, 2.05) is 0 Å². The van der Waals surface area contributed by atoms with E-state index in [4.69, 9.17) is 0 Å². The Balaban J connectivity index is 2.54. The fraction of sp³-hybridized carbons (Fsp3) is 0.500. The van der Waals surface area contributed by atoms with Gasteiger partial charge in [0.05, 0.1) is 7.11 Å². The quantitative estimate of drug-likeness (QED) is 0.255. The molecular weight excluding hydrogens is 150 g/mol. The molecule has 1 aliphatic heterocycles. The first-order valence-electron chi connectivity index (χ1n) is 3.09. The number of imide groups is 1. The highest BCUT2D eigenvalue weighted by Gasteiger charge is 2.34. The summed E-state index contributed by atoms with van der Waals surface area (Å²) in [7, 11) is 1.10. The molecule has 0 aliphatic carbocycles. The molecule has 0 N–H and O–H groups in total. The molecule has 2 amide bonds. The normalized spacial score (nSPS) is 15.7. The van der Waals surface area contributed by atoms with Crippen LogP contribution in [0, 0.1) is 0 Å². The first kappa shape index (κ1) is 7.71. The van der Waals surface area contributed by atoms with Crippen molar-refractivity contribution in [2.45, 2.75) is 6.42 Å². The molecule has 0 aromatic carbocycles. The summed E-state index contributed by atoms with van der Waals surface area (Å²) in [6.07, 6.45) is 0.336. The summed E-state index contributed by atoms with van der Waals surface area (Å²) in [4.78, 5) is 32.8. The Morgan fingerprint density at radius 2 is 2.18 bits per heavy atom. The van der Waals surface area contributed by atoms with E-state index in [0.29, 0.717) is 13.0 Å². The number of amides is 2. The number of methoxy groups -OCH3 is 1. The minimum Gasteiger partial charge on any atom is -0.462 e. The van der Waals surface area contributed by atoms with Gasteiger partial charge in [0.25, 0.3) is 0 Å². The topological polar surface area (TPSA) is 63.7 Å². The second-order valence-electron chi connectivity index (χ2n) is 2.09. The zero-order chi connectivity index (χ0) is 8.43. The SMILES string of the molecule is COC(=O)C(=O)N1CCC1=O. The van der Waals surface area contributed by atoms with Crippen LogP contribution in [0.25, 0.3) is 0 Å². The molecule has 1 aliphatic rings. The van der Waals surface area contributed by atoms with Gasteiger partial charge < -0.3 is 4.74 Å². The molecule has 1 fully saturated rings. The second kappa shape index (κ2) is 2.69. The van der Waals surface area contributed by atoms with Crippen molar-refractivity contribution in [3.8, 4) is 0 Å². The van der Waals surface area contributed by atoms with Crippen molar-refractivity contribution >= 4 is 17.8 Å². The number of likely N-dealkylation sites (tertiary alicyclic amines) is 1. The number of carbonyl (C=O) groups excluding carboxylic acids is 3. The zero-order valence-corrected chi connectivity index (χ0v) is 5.99. The number of β-lactam (4-membered cyclic amide) rings is 1. The molecular formula is C6H7NO4. The third-order valence-corrected chi connectivity index (χ3v) is 1.46. The fourth-order valence-corrected chi connectivity index (χ4v) is 0.727. The van der Waals surface area contributed by atoms with Crippen LogP contribution >= 0.6 is 0 Å². The summed E-state index contributed by atoms with van der Waals surface area (Å²) in [5, 5.41) is 0. The molecule has 0 spiro atoms. The predicted molar refractivity (Wildman–Crippen MR) is 33.4 cm³/mol. The van der Waals surface area contributed by atoms with E-state index in [-0.39, 0.29) is 5.91 Å². The molecule has 5 nitrogen and oxygen atoms in total. The lowest BCUT2D eigenvalue weighted by Gasteiger charge is -2.26. The molecule has 0 atom stereocenters. The molecule has 60 valence electrons. The molecule has 5 heteroatoms. The first-order valence-corrected chi connectivity index (χ1v) is 3.09. The Hall–Kier alpha value is -1.39. The lowest BCUT2D eigenvalue weighted by atomic mass is 10.2. The molecule has 1 rings (SSSR count). The van der Waals surface area contributed by atoms with Gasteiger partial charge in [-0.2, -0.15) is 0 Å². The molecule has 1 heterocycles. The van der Waals surface area contributed by atoms with Gasteiger partial charge in [0, 0.05) is 13.0 Å². The van der Waals surface area contributed by atoms with E-state index < -0.39 is 11.9 Å². The van der Waals surface area contributed by atoms with Gasteiger partial charge in [-0.05, 0) is 0 Å². The third-order valence-electron chi connectivity index (χ3n) is 1.46. The van der Waals surface area contributed by atoms with Crippen LogP contribution in [0.5, 0.6) is 0 Å². The van der Waals surface area contributed by atoms with E-state index >= 15 is 0 Å². The lowest BCUT2D eigenvalue weighted by molar-refractivity contribution is -0.165.